The minimum Gasteiger partial charge on any atom is -0.311 e. The molecule has 1 saturated carbocycles. The third kappa shape index (κ3) is 3.95. The Balaban J connectivity index is 2.16. The highest BCUT2D eigenvalue weighted by Gasteiger charge is 2.20. The van der Waals surface area contributed by atoms with E-state index in [9.17, 15) is 0 Å². The highest BCUT2D eigenvalue weighted by molar-refractivity contribution is 4.95. The van der Waals surface area contributed by atoms with Gasteiger partial charge in [0.1, 0.15) is 0 Å². The second-order valence-corrected chi connectivity index (χ2v) is 4.52. The van der Waals surface area contributed by atoms with Crippen molar-refractivity contribution in [2.45, 2.75) is 52.5 Å². The van der Waals surface area contributed by atoms with Crippen molar-refractivity contribution in [3.8, 4) is 0 Å². The Bertz CT molecular complexity index is 162. The van der Waals surface area contributed by atoms with Gasteiger partial charge < -0.3 is 5.32 Å². The molecular formula is C12H23N. The van der Waals surface area contributed by atoms with E-state index in [-0.39, 0.29) is 0 Å². The van der Waals surface area contributed by atoms with E-state index in [0.717, 1.165) is 12.5 Å². The van der Waals surface area contributed by atoms with Crippen molar-refractivity contribution >= 4 is 0 Å². The van der Waals surface area contributed by atoms with E-state index in [1.165, 1.54) is 31.3 Å². The second kappa shape index (κ2) is 5.43. The summed E-state index contributed by atoms with van der Waals surface area (Å²) in [5.41, 5.74) is 1.41. The van der Waals surface area contributed by atoms with E-state index in [4.69, 9.17) is 0 Å². The first-order valence-corrected chi connectivity index (χ1v) is 5.57. The van der Waals surface area contributed by atoms with Crippen LogP contribution >= 0.6 is 0 Å². The van der Waals surface area contributed by atoms with Crippen LogP contribution in [0.5, 0.6) is 0 Å². The summed E-state index contributed by atoms with van der Waals surface area (Å²) < 4.78 is 0. The zero-order chi connectivity index (χ0) is 9.68. The average molecular weight is 181 g/mol. The molecule has 1 N–H and O–H groups in total. The van der Waals surface area contributed by atoms with Gasteiger partial charge in [0, 0.05) is 12.6 Å². The van der Waals surface area contributed by atoms with Crippen LogP contribution in [0.2, 0.25) is 0 Å². The first kappa shape index (κ1) is 10.8. The lowest BCUT2D eigenvalue weighted by molar-refractivity contribution is 0.394. The molecule has 0 saturated heterocycles. The maximum atomic E-state index is 3.58. The molecule has 0 spiro atoms. The van der Waals surface area contributed by atoms with Crippen molar-refractivity contribution in [1.82, 2.24) is 5.32 Å². The first-order valence-electron chi connectivity index (χ1n) is 5.57. The van der Waals surface area contributed by atoms with Crippen molar-refractivity contribution in [3.63, 3.8) is 0 Å². The van der Waals surface area contributed by atoms with Crippen LogP contribution in [0.4, 0.5) is 0 Å². The van der Waals surface area contributed by atoms with Gasteiger partial charge in [0.05, 0.1) is 0 Å². The largest absolute Gasteiger partial charge is 0.311 e. The predicted octanol–water partition coefficient (Wildman–Crippen LogP) is 3.12. The average Bonchev–Trinajstić information content (AvgIpc) is 2.55. The number of rotatable bonds is 4. The van der Waals surface area contributed by atoms with Gasteiger partial charge in [-0.25, -0.2) is 0 Å². The lowest BCUT2D eigenvalue weighted by Gasteiger charge is -2.19. The standard InChI is InChI=1S/C12H23N/c1-10(2)8-9-13-11(3)12-6-4-5-7-12/h8,11-13H,4-7,9H2,1-3H3. The summed E-state index contributed by atoms with van der Waals surface area (Å²) in [6, 6.07) is 0.707. The van der Waals surface area contributed by atoms with Crippen molar-refractivity contribution in [2.24, 2.45) is 5.92 Å². The van der Waals surface area contributed by atoms with Crippen molar-refractivity contribution in [1.29, 1.82) is 0 Å². The third-order valence-electron chi connectivity index (χ3n) is 3.06. The Hall–Kier alpha value is -0.300. The molecule has 1 aliphatic rings. The van der Waals surface area contributed by atoms with E-state index < -0.39 is 0 Å². The van der Waals surface area contributed by atoms with E-state index in [0.29, 0.717) is 6.04 Å². The lowest BCUT2D eigenvalue weighted by atomic mass is 10.00. The van der Waals surface area contributed by atoms with Crippen molar-refractivity contribution in [3.05, 3.63) is 11.6 Å². The van der Waals surface area contributed by atoms with Crippen LogP contribution in [0.1, 0.15) is 46.5 Å². The second-order valence-electron chi connectivity index (χ2n) is 4.52. The van der Waals surface area contributed by atoms with E-state index in [1.807, 2.05) is 0 Å². The topological polar surface area (TPSA) is 12.0 Å². The Morgan fingerprint density at radius 1 is 1.38 bits per heavy atom. The van der Waals surface area contributed by atoms with Gasteiger partial charge >= 0.3 is 0 Å². The Morgan fingerprint density at radius 2 is 2.00 bits per heavy atom. The Labute approximate surface area is 82.6 Å². The highest BCUT2D eigenvalue weighted by atomic mass is 14.9. The van der Waals surface area contributed by atoms with Gasteiger partial charge in [-0.1, -0.05) is 24.5 Å². The Morgan fingerprint density at radius 3 is 2.54 bits per heavy atom. The highest BCUT2D eigenvalue weighted by Crippen LogP contribution is 2.27. The molecule has 0 amide bonds. The van der Waals surface area contributed by atoms with E-state index in [1.54, 1.807) is 0 Å². The predicted molar refractivity (Wildman–Crippen MR) is 58.9 cm³/mol. The van der Waals surface area contributed by atoms with Crippen molar-refractivity contribution in [2.75, 3.05) is 6.54 Å². The van der Waals surface area contributed by atoms with Gasteiger partial charge in [0.25, 0.3) is 0 Å². The van der Waals surface area contributed by atoms with Crippen LogP contribution in [0.25, 0.3) is 0 Å². The summed E-state index contributed by atoms with van der Waals surface area (Å²) >= 11 is 0. The monoisotopic (exact) mass is 181 g/mol. The van der Waals surface area contributed by atoms with Gasteiger partial charge in [-0.05, 0) is 39.5 Å². The molecule has 13 heavy (non-hydrogen) atoms. The molecule has 0 aromatic heterocycles. The molecule has 1 nitrogen and oxygen atoms in total. The van der Waals surface area contributed by atoms with Crippen LogP contribution < -0.4 is 5.32 Å². The van der Waals surface area contributed by atoms with Gasteiger partial charge in [-0.2, -0.15) is 0 Å². The molecule has 0 aromatic carbocycles. The molecule has 1 aliphatic carbocycles. The van der Waals surface area contributed by atoms with Crippen LogP contribution in [0, 0.1) is 5.92 Å². The van der Waals surface area contributed by atoms with Gasteiger partial charge in [-0.15, -0.1) is 0 Å². The summed E-state index contributed by atoms with van der Waals surface area (Å²) in [6.07, 6.45) is 8.02. The van der Waals surface area contributed by atoms with Crippen LogP contribution in [-0.2, 0) is 0 Å². The molecular weight excluding hydrogens is 158 g/mol. The molecule has 1 rings (SSSR count). The SMILES string of the molecule is CC(C)=CCNC(C)C1CCCC1. The number of allylic oxidation sites excluding steroid dienone is 1. The molecule has 1 unspecified atom stereocenters. The summed E-state index contributed by atoms with van der Waals surface area (Å²) in [5, 5.41) is 3.58. The summed E-state index contributed by atoms with van der Waals surface area (Å²) in [6.45, 7) is 7.68. The fraction of sp³-hybridized carbons (Fsp3) is 0.833. The lowest BCUT2D eigenvalue weighted by Crippen LogP contribution is -2.32. The molecule has 0 aromatic rings. The summed E-state index contributed by atoms with van der Waals surface area (Å²) in [5.74, 6) is 0.936. The zero-order valence-corrected chi connectivity index (χ0v) is 9.27. The van der Waals surface area contributed by atoms with Gasteiger partial charge in [0.15, 0.2) is 0 Å². The molecule has 0 aliphatic heterocycles. The number of hydrogen-bond donors (Lipinski definition) is 1. The Kier molecular flexibility index (Phi) is 4.51. The van der Waals surface area contributed by atoms with E-state index >= 15 is 0 Å². The summed E-state index contributed by atoms with van der Waals surface area (Å²) in [4.78, 5) is 0. The molecule has 1 atom stereocenters. The van der Waals surface area contributed by atoms with Gasteiger partial charge in [0.2, 0.25) is 0 Å². The fourth-order valence-corrected chi connectivity index (χ4v) is 2.07. The van der Waals surface area contributed by atoms with Crippen LogP contribution in [0.3, 0.4) is 0 Å². The van der Waals surface area contributed by atoms with Gasteiger partial charge in [-0.3, -0.25) is 0 Å². The summed E-state index contributed by atoms with van der Waals surface area (Å²) in [7, 11) is 0. The minimum absolute atomic E-state index is 0.707. The number of nitrogens with one attached hydrogen (secondary N) is 1. The molecule has 76 valence electrons. The fourth-order valence-electron chi connectivity index (χ4n) is 2.07. The maximum absolute atomic E-state index is 3.58. The van der Waals surface area contributed by atoms with Crippen molar-refractivity contribution < 1.29 is 0 Å². The maximum Gasteiger partial charge on any atom is 0.0139 e. The molecule has 0 bridgehead atoms. The minimum atomic E-state index is 0.707. The van der Waals surface area contributed by atoms with E-state index in [2.05, 4.69) is 32.2 Å². The number of hydrogen-bond acceptors (Lipinski definition) is 1. The van der Waals surface area contributed by atoms with Crippen LogP contribution in [-0.4, -0.2) is 12.6 Å². The third-order valence-corrected chi connectivity index (χ3v) is 3.06. The normalized spacial score (nSPS) is 20.2. The first-order chi connectivity index (χ1) is 6.20. The smallest absolute Gasteiger partial charge is 0.0139 e. The zero-order valence-electron chi connectivity index (χ0n) is 9.27. The molecule has 0 heterocycles. The molecule has 0 radical (unpaired) electrons. The quantitative estimate of drug-likeness (QED) is 0.657. The van der Waals surface area contributed by atoms with Crippen LogP contribution in [0.15, 0.2) is 11.6 Å². The molecule has 1 heteroatoms. The molecule has 1 fully saturated rings.